The molecule has 4 aromatic rings. The number of hydrogen-bond donors (Lipinski definition) is 0. The van der Waals surface area contributed by atoms with Gasteiger partial charge < -0.3 is 9.31 Å². The molecular formula is C28H28B2N2O6S2. The van der Waals surface area contributed by atoms with E-state index in [-0.39, 0.29) is 35.4 Å². The van der Waals surface area contributed by atoms with Gasteiger partial charge in [0.05, 0.1) is 24.7 Å². The van der Waals surface area contributed by atoms with E-state index in [0.29, 0.717) is 13.2 Å². The number of hydrogen-bond acceptors (Lipinski definition) is 8. The normalized spacial score (nSPS) is 14.3. The van der Waals surface area contributed by atoms with Gasteiger partial charge in [-0.1, -0.05) is 62.2 Å². The van der Waals surface area contributed by atoms with Crippen LogP contribution in [0, 0.1) is 0 Å². The van der Waals surface area contributed by atoms with Crippen LogP contribution in [0.5, 0.6) is 0 Å². The van der Waals surface area contributed by atoms with E-state index in [1.165, 1.54) is 24.5 Å². The second kappa shape index (κ2) is 11.7. The van der Waals surface area contributed by atoms with Crippen molar-refractivity contribution in [3.05, 3.63) is 107 Å². The average Bonchev–Trinajstić information content (AvgIpc) is 3.52. The summed E-state index contributed by atoms with van der Waals surface area (Å²) < 4.78 is 60.5. The van der Waals surface area contributed by atoms with Gasteiger partial charge in [-0.3, -0.25) is 0 Å². The van der Waals surface area contributed by atoms with Crippen LogP contribution in [0.15, 0.2) is 95.2 Å². The maximum absolute atomic E-state index is 12.4. The van der Waals surface area contributed by atoms with Crippen LogP contribution in [0.4, 0.5) is 0 Å². The minimum Gasteiger partial charge on any atom is -0.427 e. The van der Waals surface area contributed by atoms with Crippen LogP contribution >= 0.6 is 0 Å². The maximum Gasteiger partial charge on any atom is 0.324 e. The lowest BCUT2D eigenvalue weighted by Crippen LogP contribution is -2.29. The maximum atomic E-state index is 12.4. The molecule has 4 heterocycles. The highest BCUT2D eigenvalue weighted by Crippen LogP contribution is 2.19. The molecule has 0 saturated carbocycles. The predicted molar refractivity (Wildman–Crippen MR) is 155 cm³/mol. The first-order valence-corrected chi connectivity index (χ1v) is 16.2. The van der Waals surface area contributed by atoms with Gasteiger partial charge in [0, 0.05) is 12.4 Å². The lowest BCUT2D eigenvalue weighted by molar-refractivity contribution is 0.333. The Labute approximate surface area is 235 Å². The minimum absolute atomic E-state index is 0.0301. The molecule has 2 aliphatic rings. The Morgan fingerprint density at radius 3 is 1.98 bits per heavy atom. The van der Waals surface area contributed by atoms with Crippen molar-refractivity contribution in [1.82, 2.24) is 9.97 Å². The van der Waals surface area contributed by atoms with Crippen LogP contribution in [0.25, 0.3) is 0 Å². The van der Waals surface area contributed by atoms with Gasteiger partial charge in [0.2, 0.25) is 0 Å². The molecule has 2 aromatic carbocycles. The van der Waals surface area contributed by atoms with Crippen LogP contribution < -0.4 is 10.9 Å². The van der Waals surface area contributed by atoms with Gasteiger partial charge in [-0.25, -0.2) is 26.8 Å². The topological polar surface area (TPSA) is 113 Å². The monoisotopic (exact) mass is 574 g/mol. The number of pyridine rings is 2. The zero-order chi connectivity index (χ0) is 28.3. The molecule has 0 N–H and O–H groups in total. The highest BCUT2D eigenvalue weighted by molar-refractivity contribution is 7.90. The van der Waals surface area contributed by atoms with Crippen molar-refractivity contribution in [2.45, 2.75) is 48.4 Å². The van der Waals surface area contributed by atoms with E-state index in [1.807, 2.05) is 50.0 Å². The van der Waals surface area contributed by atoms with Gasteiger partial charge in [0.1, 0.15) is 0 Å². The molecule has 0 unspecified atom stereocenters. The fourth-order valence-electron chi connectivity index (χ4n) is 4.92. The summed E-state index contributed by atoms with van der Waals surface area (Å²) >= 11 is 0. The molecule has 2 aromatic heterocycles. The molecule has 2 aliphatic heterocycles. The second-order valence-corrected chi connectivity index (χ2v) is 13.7. The summed E-state index contributed by atoms with van der Waals surface area (Å²) in [5, 5.41) is 0.231. The molecule has 0 fully saturated rings. The Morgan fingerprint density at radius 2 is 1.32 bits per heavy atom. The Balaban J connectivity index is 0.000000161. The molecule has 40 heavy (non-hydrogen) atoms. The molecular weight excluding hydrogens is 546 g/mol. The predicted octanol–water partition coefficient (Wildman–Crippen LogP) is 2.83. The fourth-order valence-corrected chi connectivity index (χ4v) is 7.51. The van der Waals surface area contributed by atoms with Crippen molar-refractivity contribution in [2.24, 2.45) is 0 Å². The largest absolute Gasteiger partial charge is 0.427 e. The van der Waals surface area contributed by atoms with Crippen LogP contribution in [-0.4, -0.2) is 40.6 Å². The molecule has 0 amide bonds. The van der Waals surface area contributed by atoms with Gasteiger partial charge in [-0.15, -0.1) is 0 Å². The van der Waals surface area contributed by atoms with Crippen molar-refractivity contribution in [2.75, 3.05) is 0 Å². The average molecular weight is 574 g/mol. The van der Waals surface area contributed by atoms with E-state index >= 15 is 0 Å². The molecule has 204 valence electrons. The van der Waals surface area contributed by atoms with E-state index in [0.717, 1.165) is 33.2 Å². The highest BCUT2D eigenvalue weighted by atomic mass is 32.2. The summed E-state index contributed by atoms with van der Waals surface area (Å²) in [6, 6.07) is 21.2. The lowest BCUT2D eigenvalue weighted by Gasteiger charge is -2.09. The van der Waals surface area contributed by atoms with Crippen molar-refractivity contribution < 1.29 is 26.1 Å². The van der Waals surface area contributed by atoms with Crippen LogP contribution in [-0.2, 0) is 53.7 Å². The highest BCUT2D eigenvalue weighted by Gasteiger charge is 2.29. The fraction of sp³-hybridized carbons (Fsp3) is 0.214. The summed E-state index contributed by atoms with van der Waals surface area (Å²) in [5.41, 5.74) is 5.87. The van der Waals surface area contributed by atoms with E-state index in [1.54, 1.807) is 24.3 Å². The molecule has 0 bridgehead atoms. The summed E-state index contributed by atoms with van der Waals surface area (Å²) in [5.74, 6) is -0.0785. The number of fused-ring (bicyclic) bond motifs is 2. The molecule has 0 saturated heterocycles. The van der Waals surface area contributed by atoms with Crippen LogP contribution in [0.2, 0.25) is 13.6 Å². The van der Waals surface area contributed by atoms with E-state index in [9.17, 15) is 16.8 Å². The number of rotatable bonds is 6. The third kappa shape index (κ3) is 6.20. The van der Waals surface area contributed by atoms with Crippen molar-refractivity contribution >= 4 is 44.4 Å². The van der Waals surface area contributed by atoms with Gasteiger partial charge in [0.15, 0.2) is 29.7 Å². The third-order valence-corrected chi connectivity index (χ3v) is 10.1. The smallest absolute Gasteiger partial charge is 0.324 e. The Bertz CT molecular complexity index is 1720. The van der Waals surface area contributed by atoms with Crippen molar-refractivity contribution in [3.8, 4) is 0 Å². The number of aromatic nitrogens is 2. The molecule has 8 nitrogen and oxygen atoms in total. The zero-order valence-electron chi connectivity index (χ0n) is 22.2. The molecule has 12 heteroatoms. The summed E-state index contributed by atoms with van der Waals surface area (Å²) in [7, 11) is -6.83. The van der Waals surface area contributed by atoms with Gasteiger partial charge in [0.25, 0.3) is 0 Å². The lowest BCUT2D eigenvalue weighted by atomic mass is 9.62. The first-order chi connectivity index (χ1) is 19.1. The third-order valence-electron chi connectivity index (χ3n) is 6.93. The summed E-state index contributed by atoms with van der Waals surface area (Å²) in [4.78, 5) is 7.86. The van der Waals surface area contributed by atoms with Crippen molar-refractivity contribution in [3.63, 3.8) is 0 Å². The Hall–Kier alpha value is -3.31. The quantitative estimate of drug-likeness (QED) is 0.324. The zero-order valence-corrected chi connectivity index (χ0v) is 23.9. The number of nitrogens with zero attached hydrogens (tertiary/aromatic N) is 2. The van der Waals surface area contributed by atoms with E-state index in [4.69, 9.17) is 9.31 Å². The molecule has 0 atom stereocenters. The summed E-state index contributed by atoms with van der Waals surface area (Å²) in [6.45, 7) is 5.05. The molecule has 0 spiro atoms. The second-order valence-electron chi connectivity index (χ2n) is 9.78. The molecule has 0 radical (unpaired) electrons. The van der Waals surface area contributed by atoms with Gasteiger partial charge in [-0.05, 0) is 57.4 Å². The van der Waals surface area contributed by atoms with Gasteiger partial charge >= 0.3 is 13.8 Å². The molecule has 6 rings (SSSR count). The van der Waals surface area contributed by atoms with Crippen LogP contribution in [0.3, 0.4) is 0 Å². The molecule has 0 aliphatic carbocycles. The number of sulfone groups is 2. The van der Waals surface area contributed by atoms with Crippen LogP contribution in [0.1, 0.15) is 22.3 Å². The van der Waals surface area contributed by atoms with E-state index in [2.05, 4.69) is 9.97 Å². The minimum atomic E-state index is -3.42. The standard InChI is InChI=1S/2C14H14BNO3S/c1-15-14-11(9-19-15)5-4-6-12(14)10-20(17,18)13-7-2-3-8-16-13;1-15-13-8-11(5-6-12(13)9-19-15)10-20(17,18)14-4-2-3-7-16-14/h2*2-8H,9-10H2,1H3. The Kier molecular flexibility index (Phi) is 8.23. The first-order valence-electron chi connectivity index (χ1n) is 12.9. The first kappa shape index (κ1) is 28.2. The van der Waals surface area contributed by atoms with Crippen molar-refractivity contribution in [1.29, 1.82) is 0 Å². The van der Waals surface area contributed by atoms with E-state index < -0.39 is 19.7 Å². The number of benzene rings is 2. The summed E-state index contributed by atoms with van der Waals surface area (Å²) in [6.07, 6.45) is 2.99. The van der Waals surface area contributed by atoms with Gasteiger partial charge in [-0.2, -0.15) is 0 Å². The SMILES string of the molecule is CB1OCc2ccc(CS(=O)(=O)c3ccccn3)cc21.CB1OCc2cccc(CS(=O)(=O)c3ccccn3)c21. The Morgan fingerprint density at radius 1 is 0.700 bits per heavy atom.